The molecule has 8 amide bonds. The van der Waals surface area contributed by atoms with E-state index in [2.05, 4.69) is 0 Å². The van der Waals surface area contributed by atoms with Crippen LogP contribution in [0.4, 0.5) is 9.59 Å². The Balaban J connectivity index is 0.00000264. The van der Waals surface area contributed by atoms with Gasteiger partial charge in [-0.15, -0.1) is 0 Å². The summed E-state index contributed by atoms with van der Waals surface area (Å²) in [6.45, 7) is 0. The Morgan fingerprint density at radius 1 is 0.522 bits per heavy atom. The van der Waals surface area contributed by atoms with Crippen LogP contribution in [0.25, 0.3) is 0 Å². The number of rotatable bonds is 1. The Labute approximate surface area is 131 Å². The second-order valence-electron chi connectivity index (χ2n) is 5.11. The first-order valence-electron chi connectivity index (χ1n) is 6.29. The summed E-state index contributed by atoms with van der Waals surface area (Å²) in [6.07, 6.45) is 0. The molecule has 2 aliphatic heterocycles. The van der Waals surface area contributed by atoms with Gasteiger partial charge < -0.3 is 6.15 Å². The molecule has 0 spiro atoms. The molecule has 11 nitrogen and oxygen atoms in total. The summed E-state index contributed by atoms with van der Waals surface area (Å²) in [7, 11) is 4.60. The van der Waals surface area contributed by atoms with Crippen LogP contribution >= 0.6 is 0 Å². The average Bonchev–Trinajstić information content (AvgIpc) is 2.50. The molecule has 2 heterocycles. The minimum Gasteiger partial charge on any atom is -0.344 e. The number of barbiturate groups is 2. The van der Waals surface area contributed by atoms with Crippen molar-refractivity contribution in [2.45, 2.75) is 0 Å². The van der Waals surface area contributed by atoms with E-state index in [0.29, 0.717) is 19.6 Å². The van der Waals surface area contributed by atoms with Gasteiger partial charge in [0.15, 0.2) is 0 Å². The first kappa shape index (κ1) is 18.2. The van der Waals surface area contributed by atoms with Gasteiger partial charge in [0.05, 0.1) is 0 Å². The predicted octanol–water partition coefficient (Wildman–Crippen LogP) is -1.52. The maximum Gasteiger partial charge on any atom is 0.332 e. The van der Waals surface area contributed by atoms with Crippen LogP contribution in [-0.2, 0) is 19.2 Å². The van der Waals surface area contributed by atoms with Crippen molar-refractivity contribution in [3.8, 4) is 0 Å². The van der Waals surface area contributed by atoms with Crippen molar-refractivity contribution in [1.29, 1.82) is 0 Å². The highest BCUT2D eigenvalue weighted by molar-refractivity contribution is 6.24. The molecular formula is C12H17N5O6. The average molecular weight is 327 g/mol. The third-order valence-electron chi connectivity index (χ3n) is 3.87. The molecule has 2 rings (SSSR count). The van der Waals surface area contributed by atoms with E-state index in [1.165, 1.54) is 0 Å². The maximum atomic E-state index is 12.2. The molecule has 126 valence electrons. The van der Waals surface area contributed by atoms with Gasteiger partial charge in [0.25, 0.3) is 0 Å². The van der Waals surface area contributed by atoms with Gasteiger partial charge in [0, 0.05) is 28.2 Å². The summed E-state index contributed by atoms with van der Waals surface area (Å²) < 4.78 is 0. The van der Waals surface area contributed by atoms with E-state index in [1.54, 1.807) is 0 Å². The zero-order chi connectivity index (χ0) is 16.9. The fourth-order valence-electron chi connectivity index (χ4n) is 2.44. The van der Waals surface area contributed by atoms with Gasteiger partial charge in [0.1, 0.15) is 11.8 Å². The molecule has 2 aliphatic rings. The summed E-state index contributed by atoms with van der Waals surface area (Å²) in [5, 5.41) is 0. The van der Waals surface area contributed by atoms with E-state index in [-0.39, 0.29) is 6.15 Å². The lowest BCUT2D eigenvalue weighted by molar-refractivity contribution is -0.163. The highest BCUT2D eigenvalue weighted by atomic mass is 16.2. The summed E-state index contributed by atoms with van der Waals surface area (Å²) in [5.74, 6) is -7.12. The van der Waals surface area contributed by atoms with Crippen LogP contribution in [0.1, 0.15) is 0 Å². The van der Waals surface area contributed by atoms with Gasteiger partial charge in [-0.3, -0.25) is 38.8 Å². The van der Waals surface area contributed by atoms with Crippen LogP contribution in [0.3, 0.4) is 0 Å². The molecule has 0 radical (unpaired) electrons. The fourth-order valence-corrected chi connectivity index (χ4v) is 2.44. The van der Waals surface area contributed by atoms with Crippen LogP contribution in [0.2, 0.25) is 0 Å². The highest BCUT2D eigenvalue weighted by Crippen LogP contribution is 2.28. The fraction of sp³-hybridized carbons (Fsp3) is 0.500. The molecule has 0 aromatic rings. The third kappa shape index (κ3) is 2.34. The first-order valence-corrected chi connectivity index (χ1v) is 6.29. The molecule has 3 N–H and O–H groups in total. The second-order valence-corrected chi connectivity index (χ2v) is 5.11. The molecule has 0 atom stereocenters. The molecule has 11 heteroatoms. The van der Waals surface area contributed by atoms with Crippen molar-refractivity contribution < 1.29 is 28.8 Å². The van der Waals surface area contributed by atoms with Gasteiger partial charge in [-0.05, 0) is 0 Å². The van der Waals surface area contributed by atoms with Gasteiger partial charge in [0.2, 0.25) is 23.6 Å². The number of nitrogens with zero attached hydrogens (tertiary/aromatic N) is 4. The van der Waals surface area contributed by atoms with Crippen molar-refractivity contribution in [3.05, 3.63) is 0 Å². The van der Waals surface area contributed by atoms with Crippen molar-refractivity contribution in [2.24, 2.45) is 11.8 Å². The van der Waals surface area contributed by atoms with Gasteiger partial charge in [-0.2, -0.15) is 0 Å². The molecule has 0 unspecified atom stereocenters. The van der Waals surface area contributed by atoms with Crippen molar-refractivity contribution >= 4 is 35.7 Å². The summed E-state index contributed by atoms with van der Waals surface area (Å²) in [6, 6.07) is -1.69. The summed E-state index contributed by atoms with van der Waals surface area (Å²) >= 11 is 0. The molecule has 2 fully saturated rings. The molecule has 0 aromatic carbocycles. The standard InChI is InChI=1S/C12H14N4O6.H3N/c1-13-7(17)5(8(18)14(2)11(13)21)6-9(19)15(3)12(22)16(4)10(6)20;/h5-6H,1-4H3;1H3. The number of amides is 8. The van der Waals surface area contributed by atoms with Crippen LogP contribution in [-0.4, -0.2) is 83.5 Å². The maximum absolute atomic E-state index is 12.2. The van der Waals surface area contributed by atoms with Crippen LogP contribution in [0.5, 0.6) is 0 Å². The molecule has 0 aromatic heterocycles. The zero-order valence-corrected chi connectivity index (χ0v) is 13.1. The number of imide groups is 4. The van der Waals surface area contributed by atoms with E-state index in [9.17, 15) is 28.8 Å². The molecule has 0 bridgehead atoms. The number of urea groups is 2. The van der Waals surface area contributed by atoms with Crippen molar-refractivity contribution in [1.82, 2.24) is 25.8 Å². The quantitative estimate of drug-likeness (QED) is 0.574. The van der Waals surface area contributed by atoms with Crippen molar-refractivity contribution in [3.63, 3.8) is 0 Å². The topological polar surface area (TPSA) is 150 Å². The molecule has 23 heavy (non-hydrogen) atoms. The largest absolute Gasteiger partial charge is 0.344 e. The minimum absolute atomic E-state index is 0. The Kier molecular flexibility index (Phi) is 4.56. The van der Waals surface area contributed by atoms with E-state index in [1.807, 2.05) is 0 Å². The molecular weight excluding hydrogens is 310 g/mol. The highest BCUT2D eigenvalue weighted by Gasteiger charge is 2.56. The predicted molar refractivity (Wildman–Crippen MR) is 73.9 cm³/mol. The van der Waals surface area contributed by atoms with E-state index in [4.69, 9.17) is 0 Å². The SMILES string of the molecule is CN1C(=O)C(C2C(=O)N(C)C(=O)N(C)C2=O)C(=O)N(C)C1=O.N. The lowest BCUT2D eigenvalue weighted by Crippen LogP contribution is -2.66. The van der Waals surface area contributed by atoms with Crippen molar-refractivity contribution in [2.75, 3.05) is 28.2 Å². The van der Waals surface area contributed by atoms with Gasteiger partial charge >= 0.3 is 12.1 Å². The summed E-state index contributed by atoms with van der Waals surface area (Å²) in [5.41, 5.74) is 0. The van der Waals surface area contributed by atoms with Gasteiger partial charge in [-0.25, -0.2) is 9.59 Å². The number of hydrogen-bond donors (Lipinski definition) is 1. The van der Waals surface area contributed by atoms with Crippen LogP contribution in [0.15, 0.2) is 0 Å². The van der Waals surface area contributed by atoms with Gasteiger partial charge in [-0.1, -0.05) is 0 Å². The minimum atomic E-state index is -1.66. The zero-order valence-electron chi connectivity index (χ0n) is 13.1. The summed E-state index contributed by atoms with van der Waals surface area (Å²) in [4.78, 5) is 74.9. The molecule has 0 saturated carbocycles. The normalized spacial score (nSPS) is 21.4. The van der Waals surface area contributed by atoms with E-state index < -0.39 is 47.5 Å². The Bertz CT molecular complexity index is 529. The lowest BCUT2D eigenvalue weighted by Gasteiger charge is -2.39. The Hall–Kier alpha value is -2.82. The van der Waals surface area contributed by atoms with Crippen LogP contribution in [0, 0.1) is 11.8 Å². The smallest absolute Gasteiger partial charge is 0.332 e. The number of carbonyl (C=O) groups is 6. The van der Waals surface area contributed by atoms with E-state index >= 15 is 0 Å². The first-order chi connectivity index (χ1) is 10.1. The molecule has 0 aliphatic carbocycles. The monoisotopic (exact) mass is 327 g/mol. The lowest BCUT2D eigenvalue weighted by atomic mass is 9.85. The van der Waals surface area contributed by atoms with E-state index in [0.717, 1.165) is 28.2 Å². The second kappa shape index (κ2) is 5.76. The number of carbonyl (C=O) groups excluding carboxylic acids is 6. The molecule has 2 saturated heterocycles. The van der Waals surface area contributed by atoms with Crippen LogP contribution < -0.4 is 6.15 Å². The Morgan fingerprint density at radius 2 is 0.696 bits per heavy atom. The number of hydrogen-bond acceptors (Lipinski definition) is 7. The third-order valence-corrected chi connectivity index (χ3v) is 3.87. The Morgan fingerprint density at radius 3 is 0.870 bits per heavy atom.